The lowest BCUT2D eigenvalue weighted by molar-refractivity contribution is 0.336. The molecule has 0 bridgehead atoms. The van der Waals surface area contributed by atoms with E-state index in [9.17, 15) is 9.90 Å². The summed E-state index contributed by atoms with van der Waals surface area (Å²) in [6.45, 7) is 2.25. The molecule has 0 radical (unpaired) electrons. The molecule has 0 aliphatic heterocycles. The number of nitrogen functional groups attached to an aromatic ring is 1. The van der Waals surface area contributed by atoms with Gasteiger partial charge in [-0.25, -0.2) is 4.79 Å². The van der Waals surface area contributed by atoms with Crippen molar-refractivity contribution in [3.63, 3.8) is 0 Å². The van der Waals surface area contributed by atoms with Crippen molar-refractivity contribution in [1.82, 2.24) is 0 Å². The van der Waals surface area contributed by atoms with Gasteiger partial charge in [0.1, 0.15) is 0 Å². The van der Waals surface area contributed by atoms with Crippen LogP contribution in [-0.2, 0) is 0 Å². The summed E-state index contributed by atoms with van der Waals surface area (Å²) in [6.07, 6.45) is 0. The number of anilines is 1. The summed E-state index contributed by atoms with van der Waals surface area (Å²) in [6, 6.07) is 4.95. The molecule has 84 valence electrons. The first-order valence-corrected chi connectivity index (χ1v) is 4.82. The predicted octanol–water partition coefficient (Wildman–Crippen LogP) is 1.48. The van der Waals surface area contributed by atoms with E-state index in [1.54, 1.807) is 18.2 Å². The molecule has 1 aromatic heterocycles. The number of hydrogen-bond donors (Lipinski definition) is 2. The zero-order valence-electron chi connectivity index (χ0n) is 8.69. The molecule has 0 saturated carbocycles. The molecule has 2 rings (SSSR count). The van der Waals surface area contributed by atoms with Crippen LogP contribution in [0.2, 0.25) is 0 Å². The van der Waals surface area contributed by atoms with Gasteiger partial charge in [0.25, 0.3) is 0 Å². The topological polar surface area (TPSA) is 85.7 Å². The van der Waals surface area contributed by atoms with Gasteiger partial charge in [0.05, 0.1) is 12.0 Å². The molecule has 1 aromatic carbocycles. The maximum atomic E-state index is 11.3. The molecule has 0 unspecified atom stereocenters. The van der Waals surface area contributed by atoms with Crippen LogP contribution in [0.1, 0.15) is 6.92 Å². The van der Waals surface area contributed by atoms with E-state index in [-0.39, 0.29) is 17.0 Å². The Kier molecular flexibility index (Phi) is 2.44. The second-order valence-corrected chi connectivity index (χ2v) is 3.22. The maximum absolute atomic E-state index is 11.3. The first-order valence-electron chi connectivity index (χ1n) is 4.82. The van der Waals surface area contributed by atoms with Gasteiger partial charge in [0, 0.05) is 0 Å². The Hall–Kier alpha value is -2.17. The normalized spacial score (nSPS) is 10.6. The largest absolute Gasteiger partial charge is 0.505 e. The standard InChI is InChI=1S/C11H11NO4/c1-2-15-7-5-3-4-6-9(13)8(12)11(14)16-10(6)7/h3-5,13H,2,12H2,1H3. The predicted molar refractivity (Wildman–Crippen MR) is 59.7 cm³/mol. The molecular weight excluding hydrogens is 210 g/mol. The lowest BCUT2D eigenvalue weighted by atomic mass is 10.2. The Labute approximate surface area is 91.1 Å². The number of ether oxygens (including phenoxy) is 1. The summed E-state index contributed by atoms with van der Waals surface area (Å²) in [7, 11) is 0. The summed E-state index contributed by atoms with van der Waals surface area (Å²) < 4.78 is 10.3. The Morgan fingerprint density at radius 3 is 2.94 bits per heavy atom. The van der Waals surface area contributed by atoms with Gasteiger partial charge in [-0.1, -0.05) is 6.07 Å². The highest BCUT2D eigenvalue weighted by Gasteiger charge is 2.13. The minimum absolute atomic E-state index is 0.209. The third-order valence-electron chi connectivity index (χ3n) is 2.20. The Morgan fingerprint density at radius 2 is 2.25 bits per heavy atom. The lowest BCUT2D eigenvalue weighted by Crippen LogP contribution is -2.07. The van der Waals surface area contributed by atoms with Crippen LogP contribution in [0.3, 0.4) is 0 Å². The van der Waals surface area contributed by atoms with E-state index >= 15 is 0 Å². The summed E-state index contributed by atoms with van der Waals surface area (Å²) >= 11 is 0. The zero-order valence-corrected chi connectivity index (χ0v) is 8.69. The van der Waals surface area contributed by atoms with E-state index in [0.29, 0.717) is 17.7 Å². The van der Waals surface area contributed by atoms with Gasteiger partial charge in [-0.3, -0.25) is 0 Å². The number of rotatable bonds is 2. The van der Waals surface area contributed by atoms with E-state index < -0.39 is 5.63 Å². The van der Waals surface area contributed by atoms with Gasteiger partial charge in [0.2, 0.25) is 0 Å². The average Bonchev–Trinajstić information content (AvgIpc) is 2.28. The molecule has 3 N–H and O–H groups in total. The van der Waals surface area contributed by atoms with Gasteiger partial charge in [0.15, 0.2) is 22.8 Å². The van der Waals surface area contributed by atoms with Crippen LogP contribution in [0.4, 0.5) is 5.69 Å². The molecule has 0 fully saturated rings. The fourth-order valence-electron chi connectivity index (χ4n) is 1.47. The molecule has 16 heavy (non-hydrogen) atoms. The number of hydrogen-bond acceptors (Lipinski definition) is 5. The molecule has 5 nitrogen and oxygen atoms in total. The van der Waals surface area contributed by atoms with Crippen LogP contribution in [0.5, 0.6) is 11.5 Å². The fraction of sp³-hybridized carbons (Fsp3) is 0.182. The summed E-state index contributed by atoms with van der Waals surface area (Å²) in [4.78, 5) is 11.3. The summed E-state index contributed by atoms with van der Waals surface area (Å²) in [5, 5.41) is 10.1. The van der Waals surface area contributed by atoms with Crippen molar-refractivity contribution < 1.29 is 14.3 Å². The van der Waals surface area contributed by atoms with Crippen molar-refractivity contribution in [2.75, 3.05) is 12.3 Å². The highest BCUT2D eigenvalue weighted by atomic mass is 16.5. The Morgan fingerprint density at radius 1 is 1.50 bits per heavy atom. The molecule has 0 spiro atoms. The lowest BCUT2D eigenvalue weighted by Gasteiger charge is -2.07. The molecule has 0 atom stereocenters. The van der Waals surface area contributed by atoms with Crippen molar-refractivity contribution in [2.45, 2.75) is 6.92 Å². The van der Waals surface area contributed by atoms with Crippen LogP contribution in [0, 0.1) is 0 Å². The zero-order chi connectivity index (χ0) is 11.7. The van der Waals surface area contributed by atoms with Crippen LogP contribution in [0.25, 0.3) is 11.0 Å². The number of nitrogens with two attached hydrogens (primary N) is 1. The van der Waals surface area contributed by atoms with Crippen molar-refractivity contribution in [1.29, 1.82) is 0 Å². The van der Waals surface area contributed by atoms with Gasteiger partial charge < -0.3 is 20.0 Å². The van der Waals surface area contributed by atoms with E-state index in [1.807, 2.05) is 6.92 Å². The van der Waals surface area contributed by atoms with Gasteiger partial charge in [-0.2, -0.15) is 0 Å². The molecule has 5 heteroatoms. The Balaban J connectivity index is 2.84. The van der Waals surface area contributed by atoms with Crippen LogP contribution in [-0.4, -0.2) is 11.7 Å². The molecule has 0 saturated heterocycles. The van der Waals surface area contributed by atoms with Crippen LogP contribution in [0.15, 0.2) is 27.4 Å². The quantitative estimate of drug-likeness (QED) is 0.750. The van der Waals surface area contributed by atoms with Gasteiger partial charge >= 0.3 is 5.63 Å². The van der Waals surface area contributed by atoms with Crippen molar-refractivity contribution in [2.24, 2.45) is 0 Å². The van der Waals surface area contributed by atoms with E-state index in [4.69, 9.17) is 14.9 Å². The number of fused-ring (bicyclic) bond motifs is 1. The number of para-hydroxylation sites is 1. The molecular formula is C11H11NO4. The van der Waals surface area contributed by atoms with E-state index in [1.165, 1.54) is 0 Å². The molecule has 0 amide bonds. The monoisotopic (exact) mass is 221 g/mol. The minimum Gasteiger partial charge on any atom is -0.505 e. The van der Waals surface area contributed by atoms with Crippen LogP contribution < -0.4 is 16.1 Å². The second-order valence-electron chi connectivity index (χ2n) is 3.22. The second kappa shape index (κ2) is 3.77. The molecule has 2 aromatic rings. The fourth-order valence-corrected chi connectivity index (χ4v) is 1.47. The van der Waals surface area contributed by atoms with E-state index in [0.717, 1.165) is 0 Å². The smallest absolute Gasteiger partial charge is 0.363 e. The minimum atomic E-state index is -0.767. The third-order valence-corrected chi connectivity index (χ3v) is 2.20. The SMILES string of the molecule is CCOc1cccc2c(O)c(N)c(=O)oc12. The highest BCUT2D eigenvalue weighted by molar-refractivity contribution is 5.91. The number of aromatic hydroxyl groups is 1. The maximum Gasteiger partial charge on any atom is 0.363 e. The molecule has 1 heterocycles. The number of benzene rings is 1. The van der Waals surface area contributed by atoms with Crippen LogP contribution >= 0.6 is 0 Å². The first kappa shape index (κ1) is 10.4. The van der Waals surface area contributed by atoms with Crippen molar-refractivity contribution in [3.8, 4) is 11.5 Å². The van der Waals surface area contributed by atoms with Gasteiger partial charge in [-0.15, -0.1) is 0 Å². The average molecular weight is 221 g/mol. The summed E-state index contributed by atoms with van der Waals surface area (Å²) in [5.41, 5.74) is 4.53. The molecule has 0 aliphatic rings. The van der Waals surface area contributed by atoms with Crippen molar-refractivity contribution in [3.05, 3.63) is 28.6 Å². The third kappa shape index (κ3) is 1.46. The first-order chi connectivity index (χ1) is 7.65. The van der Waals surface area contributed by atoms with Gasteiger partial charge in [-0.05, 0) is 19.1 Å². The molecule has 0 aliphatic carbocycles. The van der Waals surface area contributed by atoms with Crippen molar-refractivity contribution >= 4 is 16.7 Å². The van der Waals surface area contributed by atoms with E-state index in [2.05, 4.69) is 0 Å². The Bertz CT molecular complexity index is 588. The highest BCUT2D eigenvalue weighted by Crippen LogP contribution is 2.33. The summed E-state index contributed by atoms with van der Waals surface area (Å²) in [5.74, 6) is 0.139.